The van der Waals surface area contributed by atoms with Gasteiger partial charge in [0.05, 0.1) is 20.3 Å². The highest BCUT2D eigenvalue weighted by Crippen LogP contribution is 2.44. The second-order valence-corrected chi connectivity index (χ2v) is 7.36. The Labute approximate surface area is 146 Å². The predicted molar refractivity (Wildman–Crippen MR) is 93.8 cm³/mol. The fourth-order valence-corrected chi connectivity index (χ4v) is 4.36. The molecule has 0 saturated heterocycles. The van der Waals surface area contributed by atoms with Gasteiger partial charge >= 0.3 is 0 Å². The van der Waals surface area contributed by atoms with Crippen LogP contribution in [0.2, 0.25) is 0 Å². The number of hydrogen-bond donors (Lipinski definition) is 0. The largest absolute Gasteiger partial charge is 0.493 e. The molecule has 2 aromatic rings. The molecule has 0 bridgehead atoms. The Bertz CT molecular complexity index is 752. The highest BCUT2D eigenvalue weighted by atomic mass is 32.1. The van der Waals surface area contributed by atoms with Gasteiger partial charge in [-0.3, -0.25) is 4.79 Å². The summed E-state index contributed by atoms with van der Waals surface area (Å²) in [4.78, 5) is 16.1. The van der Waals surface area contributed by atoms with Crippen molar-refractivity contribution in [3.63, 3.8) is 0 Å². The molecule has 0 unspecified atom stereocenters. The van der Waals surface area contributed by atoms with Gasteiger partial charge in [-0.05, 0) is 54.0 Å². The molecule has 4 nitrogen and oxygen atoms in total. The molecule has 1 saturated carbocycles. The molecule has 0 spiro atoms. The molecule has 24 heavy (non-hydrogen) atoms. The molecule has 126 valence electrons. The van der Waals surface area contributed by atoms with Crippen LogP contribution in [0.1, 0.15) is 34.9 Å². The topological polar surface area (TPSA) is 38.8 Å². The summed E-state index contributed by atoms with van der Waals surface area (Å²) >= 11 is 1.70. The van der Waals surface area contributed by atoms with Crippen LogP contribution in [-0.2, 0) is 11.2 Å². The van der Waals surface area contributed by atoms with Gasteiger partial charge in [-0.2, -0.15) is 0 Å². The highest BCUT2D eigenvalue weighted by molar-refractivity contribution is 7.10. The van der Waals surface area contributed by atoms with Crippen LogP contribution in [0.3, 0.4) is 0 Å². The van der Waals surface area contributed by atoms with Crippen molar-refractivity contribution < 1.29 is 14.3 Å². The van der Waals surface area contributed by atoms with Gasteiger partial charge in [0.1, 0.15) is 0 Å². The van der Waals surface area contributed by atoms with Crippen LogP contribution in [0.5, 0.6) is 11.5 Å². The number of nitrogens with zero attached hydrogens (tertiary/aromatic N) is 1. The molecule has 2 aliphatic rings. The quantitative estimate of drug-likeness (QED) is 0.850. The number of fused-ring (bicyclic) bond motifs is 1. The molecule has 0 N–H and O–H groups in total. The lowest BCUT2D eigenvalue weighted by Crippen LogP contribution is -2.41. The van der Waals surface area contributed by atoms with Crippen molar-refractivity contribution in [2.45, 2.75) is 25.3 Å². The van der Waals surface area contributed by atoms with Crippen LogP contribution >= 0.6 is 11.3 Å². The van der Waals surface area contributed by atoms with E-state index in [1.807, 2.05) is 6.07 Å². The van der Waals surface area contributed by atoms with Crippen molar-refractivity contribution in [2.75, 3.05) is 20.8 Å². The van der Waals surface area contributed by atoms with Crippen LogP contribution in [0.25, 0.3) is 0 Å². The maximum Gasteiger partial charge on any atom is 0.226 e. The zero-order chi connectivity index (χ0) is 16.7. The molecule has 5 heteroatoms. The number of carbonyl (C=O) groups is 1. The van der Waals surface area contributed by atoms with E-state index in [0.717, 1.165) is 42.9 Å². The lowest BCUT2D eigenvalue weighted by molar-refractivity contribution is -0.134. The molecule has 0 radical (unpaired) electrons. The number of ether oxygens (including phenoxy) is 2. The first-order valence-corrected chi connectivity index (χ1v) is 9.19. The number of thiophene rings is 1. The van der Waals surface area contributed by atoms with Crippen molar-refractivity contribution in [3.05, 3.63) is 45.6 Å². The second kappa shape index (κ2) is 6.13. The maximum absolute atomic E-state index is 12.8. The fourth-order valence-electron chi connectivity index (χ4n) is 3.50. The minimum absolute atomic E-state index is 0.0124. The first-order valence-electron chi connectivity index (χ1n) is 8.31. The number of amides is 1. The van der Waals surface area contributed by atoms with Gasteiger partial charge in [-0.25, -0.2) is 0 Å². The SMILES string of the molecule is COc1cc2c(cc1OC)[C@H](c1cccs1)N(C(=O)C1CC1)CC2. The number of hydrogen-bond acceptors (Lipinski definition) is 4. The van der Waals surface area contributed by atoms with E-state index in [2.05, 4.69) is 28.5 Å². The summed E-state index contributed by atoms with van der Waals surface area (Å²) in [5.41, 5.74) is 2.40. The fraction of sp³-hybridized carbons (Fsp3) is 0.421. The smallest absolute Gasteiger partial charge is 0.226 e. The molecule has 1 atom stereocenters. The monoisotopic (exact) mass is 343 g/mol. The number of benzene rings is 1. The van der Waals surface area contributed by atoms with Gasteiger partial charge < -0.3 is 14.4 Å². The van der Waals surface area contributed by atoms with Crippen molar-refractivity contribution >= 4 is 17.2 Å². The molecule has 4 rings (SSSR count). The van der Waals surface area contributed by atoms with E-state index in [-0.39, 0.29) is 12.0 Å². The zero-order valence-electron chi connectivity index (χ0n) is 14.0. The minimum Gasteiger partial charge on any atom is -0.493 e. The van der Waals surface area contributed by atoms with E-state index in [9.17, 15) is 4.79 Å². The van der Waals surface area contributed by atoms with Crippen molar-refractivity contribution in [1.29, 1.82) is 0 Å². The molecular weight excluding hydrogens is 322 g/mol. The molecule has 1 fully saturated rings. The lowest BCUT2D eigenvalue weighted by Gasteiger charge is -2.37. The van der Waals surface area contributed by atoms with Gasteiger partial charge in [0.25, 0.3) is 0 Å². The van der Waals surface area contributed by atoms with Gasteiger partial charge in [-0.1, -0.05) is 6.07 Å². The Hall–Kier alpha value is -2.01. The molecule has 1 aromatic heterocycles. The molecule has 1 amide bonds. The van der Waals surface area contributed by atoms with Gasteiger partial charge in [0.15, 0.2) is 11.5 Å². The second-order valence-electron chi connectivity index (χ2n) is 6.38. The number of rotatable bonds is 4. The van der Waals surface area contributed by atoms with E-state index in [1.54, 1.807) is 25.6 Å². The van der Waals surface area contributed by atoms with Crippen molar-refractivity contribution in [2.24, 2.45) is 5.92 Å². The first-order chi connectivity index (χ1) is 11.7. The summed E-state index contributed by atoms with van der Waals surface area (Å²) in [7, 11) is 3.31. The standard InChI is InChI=1S/C19H21NO3S/c1-22-15-10-13-7-8-20(19(21)12-5-6-12)18(17-4-3-9-24-17)14(13)11-16(15)23-2/h3-4,9-12,18H,5-8H2,1-2H3/t18-/m1/s1. The van der Waals surface area contributed by atoms with E-state index in [1.165, 1.54) is 10.4 Å². The molecule has 1 aliphatic heterocycles. The summed E-state index contributed by atoms with van der Waals surface area (Å²) in [6, 6.07) is 8.27. The van der Waals surface area contributed by atoms with E-state index >= 15 is 0 Å². The van der Waals surface area contributed by atoms with E-state index in [4.69, 9.17) is 9.47 Å². The van der Waals surface area contributed by atoms with Gasteiger partial charge in [-0.15, -0.1) is 11.3 Å². The van der Waals surface area contributed by atoms with E-state index < -0.39 is 0 Å². The van der Waals surface area contributed by atoms with Gasteiger partial charge in [0, 0.05) is 17.3 Å². The van der Waals surface area contributed by atoms with E-state index in [0.29, 0.717) is 5.91 Å². The van der Waals surface area contributed by atoms with Gasteiger partial charge in [0.2, 0.25) is 5.91 Å². The number of methoxy groups -OCH3 is 2. The Kier molecular flexibility index (Phi) is 3.96. The molecule has 2 heterocycles. The van der Waals surface area contributed by atoms with Crippen LogP contribution in [0.4, 0.5) is 0 Å². The third-order valence-corrected chi connectivity index (χ3v) is 5.82. The average molecular weight is 343 g/mol. The first kappa shape index (κ1) is 15.5. The summed E-state index contributed by atoms with van der Waals surface area (Å²) in [5.74, 6) is 2.00. The molecular formula is C19H21NO3S. The van der Waals surface area contributed by atoms with Crippen LogP contribution in [-0.4, -0.2) is 31.6 Å². The van der Waals surface area contributed by atoms with Crippen molar-refractivity contribution in [3.8, 4) is 11.5 Å². The third kappa shape index (κ3) is 2.57. The normalized spacial score (nSPS) is 19.8. The molecule has 1 aliphatic carbocycles. The molecule has 1 aromatic carbocycles. The Morgan fingerprint density at radius 2 is 1.96 bits per heavy atom. The minimum atomic E-state index is -0.0124. The predicted octanol–water partition coefficient (Wildman–Crippen LogP) is 3.65. The summed E-state index contributed by atoms with van der Waals surface area (Å²) in [6.45, 7) is 0.764. The Morgan fingerprint density at radius 1 is 1.21 bits per heavy atom. The highest BCUT2D eigenvalue weighted by Gasteiger charge is 2.40. The third-order valence-electron chi connectivity index (χ3n) is 4.90. The number of carbonyl (C=O) groups excluding carboxylic acids is 1. The maximum atomic E-state index is 12.8. The Balaban J connectivity index is 1.82. The van der Waals surface area contributed by atoms with Crippen LogP contribution in [0, 0.1) is 5.92 Å². The summed E-state index contributed by atoms with van der Waals surface area (Å²) < 4.78 is 10.9. The average Bonchev–Trinajstić information content (AvgIpc) is 3.33. The van der Waals surface area contributed by atoms with Crippen LogP contribution < -0.4 is 9.47 Å². The summed E-state index contributed by atoms with van der Waals surface area (Å²) in [6.07, 6.45) is 2.92. The lowest BCUT2D eigenvalue weighted by atomic mass is 9.90. The Morgan fingerprint density at radius 3 is 2.58 bits per heavy atom. The zero-order valence-corrected chi connectivity index (χ0v) is 14.8. The summed E-state index contributed by atoms with van der Waals surface area (Å²) in [5, 5.41) is 2.07. The van der Waals surface area contributed by atoms with Crippen molar-refractivity contribution in [1.82, 2.24) is 4.90 Å². The van der Waals surface area contributed by atoms with Crippen LogP contribution in [0.15, 0.2) is 29.6 Å².